The zero-order valence-electron chi connectivity index (χ0n) is 16.3. The molecule has 0 aliphatic carbocycles. The van der Waals surface area contributed by atoms with E-state index in [4.69, 9.17) is 9.47 Å². The lowest BCUT2D eigenvalue weighted by Crippen LogP contribution is -2.36. The number of likely N-dealkylation sites (tertiary alicyclic amines) is 1. The summed E-state index contributed by atoms with van der Waals surface area (Å²) in [6, 6.07) is 9.24. The van der Waals surface area contributed by atoms with Crippen LogP contribution in [0.15, 0.2) is 42.6 Å². The van der Waals surface area contributed by atoms with Crippen LogP contribution in [-0.4, -0.2) is 61.3 Å². The van der Waals surface area contributed by atoms with Gasteiger partial charge in [-0.3, -0.25) is 4.79 Å². The van der Waals surface area contributed by atoms with Crippen molar-refractivity contribution in [3.05, 3.63) is 53.7 Å². The molecule has 1 aromatic heterocycles. The first kappa shape index (κ1) is 20.5. The van der Waals surface area contributed by atoms with E-state index in [0.717, 1.165) is 37.1 Å². The summed E-state index contributed by atoms with van der Waals surface area (Å²) in [5.41, 5.74) is 0.816. The maximum atomic E-state index is 12.8. The number of ether oxygens (including phenoxy) is 2. The lowest BCUT2D eigenvalue weighted by molar-refractivity contribution is -0.137. The summed E-state index contributed by atoms with van der Waals surface area (Å²) >= 11 is 0. The number of anilines is 1. The van der Waals surface area contributed by atoms with Gasteiger partial charge in [0.1, 0.15) is 6.10 Å². The molecule has 2 fully saturated rings. The van der Waals surface area contributed by atoms with Crippen molar-refractivity contribution in [3.8, 4) is 5.88 Å². The van der Waals surface area contributed by atoms with Gasteiger partial charge in [0, 0.05) is 49.6 Å². The third-order valence-electron chi connectivity index (χ3n) is 5.27. The van der Waals surface area contributed by atoms with Crippen LogP contribution in [0.25, 0.3) is 0 Å². The Morgan fingerprint density at radius 3 is 2.53 bits per heavy atom. The van der Waals surface area contributed by atoms with Gasteiger partial charge in [-0.05, 0) is 30.3 Å². The summed E-state index contributed by atoms with van der Waals surface area (Å²) in [6.45, 7) is 3.81. The number of carbonyl (C=O) groups excluding carboxylic acids is 1. The molecule has 0 bridgehead atoms. The molecule has 6 nitrogen and oxygen atoms in total. The highest BCUT2D eigenvalue weighted by molar-refractivity contribution is 5.94. The highest BCUT2D eigenvalue weighted by Crippen LogP contribution is 2.31. The normalized spacial score (nSPS) is 19.8. The van der Waals surface area contributed by atoms with Crippen LogP contribution in [-0.2, 0) is 10.9 Å². The summed E-state index contributed by atoms with van der Waals surface area (Å²) in [7, 11) is 0. The Hall–Kier alpha value is -2.81. The quantitative estimate of drug-likeness (QED) is 0.759. The molecule has 9 heteroatoms. The minimum atomic E-state index is -4.45. The van der Waals surface area contributed by atoms with E-state index >= 15 is 0 Å². The molecule has 1 atom stereocenters. The second-order valence-corrected chi connectivity index (χ2v) is 7.31. The van der Waals surface area contributed by atoms with Crippen LogP contribution >= 0.6 is 0 Å². The molecule has 160 valence electrons. The molecule has 0 spiro atoms. The van der Waals surface area contributed by atoms with Gasteiger partial charge in [-0.1, -0.05) is 0 Å². The van der Waals surface area contributed by atoms with Crippen LogP contribution in [0.1, 0.15) is 22.3 Å². The summed E-state index contributed by atoms with van der Waals surface area (Å²) in [5.74, 6) is -0.203. The van der Waals surface area contributed by atoms with Gasteiger partial charge >= 0.3 is 6.18 Å². The lowest BCUT2D eigenvalue weighted by Gasteiger charge is -2.29. The standard InChI is InChI=1S/C21H22F3N3O3/c22-21(23,24)16-5-7-25-19(13-16)30-18-6-8-27(14-18)20(28)15-1-3-17(4-2-15)26-9-11-29-12-10-26/h1-5,7,13,18H,6,8-12,14H2. The van der Waals surface area contributed by atoms with Gasteiger partial charge in [-0.2, -0.15) is 13.2 Å². The molecule has 0 N–H and O–H groups in total. The van der Waals surface area contributed by atoms with E-state index in [9.17, 15) is 18.0 Å². The fraction of sp³-hybridized carbons (Fsp3) is 0.429. The highest BCUT2D eigenvalue weighted by atomic mass is 19.4. The van der Waals surface area contributed by atoms with E-state index in [1.807, 2.05) is 12.1 Å². The fourth-order valence-electron chi connectivity index (χ4n) is 3.65. The molecular weight excluding hydrogens is 399 g/mol. The minimum Gasteiger partial charge on any atom is -0.472 e. The maximum Gasteiger partial charge on any atom is 0.416 e. The molecule has 3 heterocycles. The Morgan fingerprint density at radius 1 is 1.10 bits per heavy atom. The van der Waals surface area contributed by atoms with Gasteiger partial charge in [0.05, 0.1) is 25.3 Å². The third-order valence-corrected chi connectivity index (χ3v) is 5.27. The van der Waals surface area contributed by atoms with Crippen LogP contribution in [0, 0.1) is 0 Å². The molecule has 2 aliphatic heterocycles. The molecular formula is C21H22F3N3O3. The van der Waals surface area contributed by atoms with Crippen molar-refractivity contribution < 1.29 is 27.4 Å². The molecule has 4 rings (SSSR count). The number of hydrogen-bond donors (Lipinski definition) is 0. The largest absolute Gasteiger partial charge is 0.472 e. The number of pyridine rings is 1. The predicted octanol–water partition coefficient (Wildman–Crippen LogP) is 3.23. The molecule has 0 radical (unpaired) electrons. The number of rotatable bonds is 4. The Morgan fingerprint density at radius 2 is 1.83 bits per heavy atom. The Labute approximate surface area is 172 Å². The summed E-state index contributed by atoms with van der Waals surface area (Å²) < 4.78 is 49.5. The number of alkyl halides is 3. The summed E-state index contributed by atoms with van der Waals surface area (Å²) in [4.78, 5) is 20.5. The van der Waals surface area contributed by atoms with Crippen LogP contribution in [0.5, 0.6) is 5.88 Å². The average molecular weight is 421 g/mol. The van der Waals surface area contributed by atoms with Crippen molar-refractivity contribution in [2.45, 2.75) is 18.7 Å². The summed E-state index contributed by atoms with van der Waals surface area (Å²) in [6.07, 6.45) is -3.23. The molecule has 2 aliphatic rings. The first-order chi connectivity index (χ1) is 14.4. The maximum absolute atomic E-state index is 12.8. The number of aromatic nitrogens is 1. The molecule has 1 amide bonds. The molecule has 0 saturated carbocycles. The van der Waals surface area contributed by atoms with Crippen molar-refractivity contribution in [2.75, 3.05) is 44.3 Å². The van der Waals surface area contributed by atoms with Crippen molar-refractivity contribution in [1.82, 2.24) is 9.88 Å². The van der Waals surface area contributed by atoms with E-state index in [-0.39, 0.29) is 11.8 Å². The lowest BCUT2D eigenvalue weighted by atomic mass is 10.1. The average Bonchev–Trinajstić information content (AvgIpc) is 3.22. The Bertz CT molecular complexity index is 883. The van der Waals surface area contributed by atoms with Gasteiger partial charge in [0.15, 0.2) is 0 Å². The Balaban J connectivity index is 1.35. The van der Waals surface area contributed by atoms with E-state index < -0.39 is 17.8 Å². The Kier molecular flexibility index (Phi) is 5.80. The SMILES string of the molecule is O=C(c1ccc(N2CCOCC2)cc1)N1CCC(Oc2cc(C(F)(F)F)ccn2)C1. The minimum absolute atomic E-state index is 0.0843. The summed E-state index contributed by atoms with van der Waals surface area (Å²) in [5, 5.41) is 0. The van der Waals surface area contributed by atoms with Crippen molar-refractivity contribution in [3.63, 3.8) is 0 Å². The number of carbonyl (C=O) groups is 1. The number of hydrogen-bond acceptors (Lipinski definition) is 5. The van der Waals surface area contributed by atoms with E-state index in [1.165, 1.54) is 0 Å². The predicted molar refractivity (Wildman–Crippen MR) is 104 cm³/mol. The molecule has 30 heavy (non-hydrogen) atoms. The highest BCUT2D eigenvalue weighted by Gasteiger charge is 2.32. The molecule has 2 saturated heterocycles. The molecule has 2 aromatic rings. The number of nitrogens with zero attached hydrogens (tertiary/aromatic N) is 3. The number of morpholine rings is 1. The fourth-order valence-corrected chi connectivity index (χ4v) is 3.65. The van der Waals surface area contributed by atoms with Gasteiger partial charge in [-0.25, -0.2) is 4.98 Å². The second kappa shape index (κ2) is 8.51. The smallest absolute Gasteiger partial charge is 0.416 e. The van der Waals surface area contributed by atoms with Gasteiger partial charge in [0.2, 0.25) is 5.88 Å². The number of benzene rings is 1. The first-order valence-electron chi connectivity index (χ1n) is 9.82. The molecule has 1 aromatic carbocycles. The van der Waals surface area contributed by atoms with E-state index in [2.05, 4.69) is 9.88 Å². The first-order valence-corrected chi connectivity index (χ1v) is 9.82. The van der Waals surface area contributed by atoms with Gasteiger partial charge < -0.3 is 19.3 Å². The third kappa shape index (κ3) is 4.67. The van der Waals surface area contributed by atoms with E-state index in [1.54, 1.807) is 17.0 Å². The van der Waals surface area contributed by atoms with Crippen molar-refractivity contribution in [2.24, 2.45) is 0 Å². The topological polar surface area (TPSA) is 54.9 Å². The zero-order valence-corrected chi connectivity index (χ0v) is 16.3. The van der Waals surface area contributed by atoms with Gasteiger partial charge in [0.25, 0.3) is 5.91 Å². The van der Waals surface area contributed by atoms with E-state index in [0.29, 0.717) is 38.3 Å². The zero-order chi connectivity index (χ0) is 21.1. The van der Waals surface area contributed by atoms with Crippen molar-refractivity contribution in [1.29, 1.82) is 0 Å². The number of halogens is 3. The van der Waals surface area contributed by atoms with Gasteiger partial charge in [-0.15, -0.1) is 0 Å². The van der Waals surface area contributed by atoms with Crippen molar-refractivity contribution >= 4 is 11.6 Å². The second-order valence-electron chi connectivity index (χ2n) is 7.31. The van der Waals surface area contributed by atoms with Crippen LogP contribution in [0.4, 0.5) is 18.9 Å². The van der Waals surface area contributed by atoms with Crippen LogP contribution < -0.4 is 9.64 Å². The van der Waals surface area contributed by atoms with Crippen LogP contribution in [0.3, 0.4) is 0 Å². The number of amides is 1. The monoisotopic (exact) mass is 421 g/mol. The van der Waals surface area contributed by atoms with Crippen LogP contribution in [0.2, 0.25) is 0 Å². The molecule has 1 unspecified atom stereocenters.